The number of carbonyl (C=O) groups is 1. The maximum Gasteiger partial charge on any atom is 0.225 e. The summed E-state index contributed by atoms with van der Waals surface area (Å²) in [5.41, 5.74) is 0.467. The Morgan fingerprint density at radius 3 is 2.24 bits per heavy atom. The van der Waals surface area contributed by atoms with Gasteiger partial charge in [0.1, 0.15) is 6.07 Å². The van der Waals surface area contributed by atoms with E-state index in [0.29, 0.717) is 23.5 Å². The number of piperidine rings is 1. The lowest BCUT2D eigenvalue weighted by Crippen LogP contribution is -2.53. The van der Waals surface area contributed by atoms with Gasteiger partial charge in [0.25, 0.3) is 0 Å². The van der Waals surface area contributed by atoms with Gasteiger partial charge in [-0.2, -0.15) is 5.26 Å². The largest absolute Gasteiger partial charge is 0.341 e. The fourth-order valence-electron chi connectivity index (χ4n) is 3.59. The molecule has 0 radical (unpaired) electrons. The highest BCUT2D eigenvalue weighted by molar-refractivity contribution is 5.79. The highest BCUT2D eigenvalue weighted by Gasteiger charge is 2.31. The molecule has 1 aromatic heterocycles. The highest BCUT2D eigenvalue weighted by Crippen LogP contribution is 2.23. The topological polar surface area (TPSA) is 76.4 Å². The van der Waals surface area contributed by atoms with Crippen molar-refractivity contribution in [2.75, 3.05) is 44.2 Å². The van der Waals surface area contributed by atoms with E-state index >= 15 is 0 Å². The molecule has 25 heavy (non-hydrogen) atoms. The average molecular weight is 342 g/mol. The fourth-order valence-corrected chi connectivity index (χ4v) is 3.59. The van der Waals surface area contributed by atoms with Crippen LogP contribution < -0.4 is 4.90 Å². The Morgan fingerprint density at radius 2 is 1.72 bits per heavy atom. The maximum atomic E-state index is 12.8. The normalized spacial score (nSPS) is 19.9. The van der Waals surface area contributed by atoms with Gasteiger partial charge in [0.15, 0.2) is 0 Å². The van der Waals surface area contributed by atoms with E-state index in [-0.39, 0.29) is 5.92 Å². The van der Waals surface area contributed by atoms with Gasteiger partial charge in [-0.3, -0.25) is 9.69 Å². The number of hydrogen-bond acceptors (Lipinski definition) is 6. The summed E-state index contributed by atoms with van der Waals surface area (Å²) in [6.45, 7) is 9.62. The summed E-state index contributed by atoms with van der Waals surface area (Å²) in [6.07, 6.45) is 4.78. The number of rotatable bonds is 3. The number of nitrogens with zero attached hydrogens (tertiary/aromatic N) is 6. The van der Waals surface area contributed by atoms with Gasteiger partial charge in [-0.25, -0.2) is 9.97 Å². The van der Waals surface area contributed by atoms with Crippen molar-refractivity contribution in [3.8, 4) is 6.07 Å². The zero-order chi connectivity index (χ0) is 17.8. The number of piperazine rings is 1. The van der Waals surface area contributed by atoms with Crippen LogP contribution in [0.2, 0.25) is 0 Å². The van der Waals surface area contributed by atoms with Crippen molar-refractivity contribution < 1.29 is 4.79 Å². The van der Waals surface area contributed by atoms with Crippen molar-refractivity contribution in [3.63, 3.8) is 0 Å². The number of carbonyl (C=O) groups excluding carboxylic acids is 1. The van der Waals surface area contributed by atoms with E-state index < -0.39 is 0 Å². The van der Waals surface area contributed by atoms with Crippen molar-refractivity contribution in [2.45, 2.75) is 32.7 Å². The van der Waals surface area contributed by atoms with Crippen LogP contribution >= 0.6 is 0 Å². The van der Waals surface area contributed by atoms with Gasteiger partial charge >= 0.3 is 0 Å². The van der Waals surface area contributed by atoms with Crippen molar-refractivity contribution in [1.82, 2.24) is 19.8 Å². The Hall–Kier alpha value is -2.20. The molecular formula is C18H26N6O. The van der Waals surface area contributed by atoms with E-state index in [1.807, 2.05) is 11.0 Å². The Balaban J connectivity index is 1.50. The molecule has 0 bridgehead atoms. The van der Waals surface area contributed by atoms with Crippen LogP contribution in [-0.4, -0.2) is 71.0 Å². The van der Waals surface area contributed by atoms with E-state index in [9.17, 15) is 4.79 Å². The standard InChI is InChI=1S/C18H26N6O/c1-14(2)22-7-9-23(10-8-22)17(25)16-3-5-24(6-4-16)18-20-12-15(11-19)13-21-18/h12-14,16H,3-10H2,1-2H3. The van der Waals surface area contributed by atoms with Crippen LogP contribution in [0.3, 0.4) is 0 Å². The third kappa shape index (κ3) is 4.07. The molecule has 134 valence electrons. The molecule has 0 spiro atoms. The summed E-state index contributed by atoms with van der Waals surface area (Å²) < 4.78 is 0. The van der Waals surface area contributed by atoms with Gasteiger partial charge in [0, 0.05) is 51.2 Å². The zero-order valence-electron chi connectivity index (χ0n) is 15.1. The molecule has 2 saturated heterocycles. The molecule has 3 heterocycles. The quantitative estimate of drug-likeness (QED) is 0.819. The molecule has 0 unspecified atom stereocenters. The van der Waals surface area contributed by atoms with Crippen LogP contribution in [-0.2, 0) is 4.79 Å². The molecule has 0 aliphatic carbocycles. The second kappa shape index (κ2) is 7.79. The average Bonchev–Trinajstić information content (AvgIpc) is 2.67. The van der Waals surface area contributed by atoms with Crippen molar-refractivity contribution in [3.05, 3.63) is 18.0 Å². The molecule has 2 aliphatic rings. The monoisotopic (exact) mass is 342 g/mol. The zero-order valence-corrected chi connectivity index (χ0v) is 15.1. The molecule has 1 aromatic rings. The van der Waals surface area contributed by atoms with Crippen LogP contribution in [0.5, 0.6) is 0 Å². The Bertz CT molecular complexity index is 622. The number of hydrogen-bond donors (Lipinski definition) is 0. The maximum absolute atomic E-state index is 12.8. The van der Waals surface area contributed by atoms with Crippen LogP contribution in [0.15, 0.2) is 12.4 Å². The first kappa shape index (κ1) is 17.6. The van der Waals surface area contributed by atoms with Crippen LogP contribution in [0.1, 0.15) is 32.3 Å². The summed E-state index contributed by atoms with van der Waals surface area (Å²) in [5.74, 6) is 1.07. The molecule has 0 N–H and O–H groups in total. The minimum absolute atomic E-state index is 0.111. The van der Waals surface area contributed by atoms with Gasteiger partial charge in [-0.1, -0.05) is 0 Å². The van der Waals surface area contributed by atoms with Gasteiger partial charge < -0.3 is 9.80 Å². The molecule has 2 aliphatic heterocycles. The van der Waals surface area contributed by atoms with Gasteiger partial charge in [-0.05, 0) is 26.7 Å². The molecule has 7 heteroatoms. The lowest BCUT2D eigenvalue weighted by atomic mass is 9.95. The number of anilines is 1. The van der Waals surface area contributed by atoms with Gasteiger partial charge in [0.05, 0.1) is 18.0 Å². The van der Waals surface area contributed by atoms with Crippen molar-refractivity contribution in [1.29, 1.82) is 5.26 Å². The lowest BCUT2D eigenvalue weighted by molar-refractivity contribution is -0.138. The highest BCUT2D eigenvalue weighted by atomic mass is 16.2. The van der Waals surface area contributed by atoms with Crippen molar-refractivity contribution in [2.24, 2.45) is 5.92 Å². The minimum atomic E-state index is 0.111. The third-order valence-electron chi connectivity index (χ3n) is 5.25. The molecular weight excluding hydrogens is 316 g/mol. The minimum Gasteiger partial charge on any atom is -0.341 e. The molecule has 2 fully saturated rings. The van der Waals surface area contributed by atoms with E-state index in [1.165, 1.54) is 0 Å². The first-order chi connectivity index (χ1) is 12.1. The van der Waals surface area contributed by atoms with Crippen LogP contribution in [0.25, 0.3) is 0 Å². The molecule has 1 amide bonds. The number of aromatic nitrogens is 2. The molecule has 0 saturated carbocycles. The fraction of sp³-hybridized carbons (Fsp3) is 0.667. The first-order valence-corrected chi connectivity index (χ1v) is 9.08. The summed E-state index contributed by atoms with van der Waals surface area (Å²) >= 11 is 0. The molecule has 0 aromatic carbocycles. The number of nitriles is 1. The summed E-state index contributed by atoms with van der Waals surface area (Å²) in [5, 5.41) is 8.82. The molecule has 0 atom stereocenters. The SMILES string of the molecule is CC(C)N1CCN(C(=O)C2CCN(c3ncc(C#N)cn3)CC2)CC1. The Morgan fingerprint density at radius 1 is 1.12 bits per heavy atom. The van der Waals surface area contributed by atoms with Crippen molar-refractivity contribution >= 4 is 11.9 Å². The first-order valence-electron chi connectivity index (χ1n) is 9.08. The predicted octanol–water partition coefficient (Wildman–Crippen LogP) is 1.12. The van der Waals surface area contributed by atoms with E-state index in [0.717, 1.165) is 52.1 Å². The van der Waals surface area contributed by atoms with Crippen LogP contribution in [0, 0.1) is 17.2 Å². The summed E-state index contributed by atoms with van der Waals surface area (Å²) in [4.78, 5) is 27.8. The Labute approximate surface area is 149 Å². The second-order valence-electron chi connectivity index (χ2n) is 7.10. The second-order valence-corrected chi connectivity index (χ2v) is 7.10. The molecule has 7 nitrogen and oxygen atoms in total. The van der Waals surface area contributed by atoms with Gasteiger partial charge in [-0.15, -0.1) is 0 Å². The Kier molecular flexibility index (Phi) is 5.49. The lowest BCUT2D eigenvalue weighted by Gasteiger charge is -2.39. The number of amides is 1. The summed E-state index contributed by atoms with van der Waals surface area (Å²) in [6, 6.07) is 2.58. The van der Waals surface area contributed by atoms with E-state index in [2.05, 4.69) is 33.6 Å². The van der Waals surface area contributed by atoms with E-state index in [4.69, 9.17) is 5.26 Å². The van der Waals surface area contributed by atoms with Crippen LogP contribution in [0.4, 0.5) is 5.95 Å². The summed E-state index contributed by atoms with van der Waals surface area (Å²) in [7, 11) is 0. The van der Waals surface area contributed by atoms with Gasteiger partial charge in [0.2, 0.25) is 11.9 Å². The van der Waals surface area contributed by atoms with E-state index in [1.54, 1.807) is 12.4 Å². The predicted molar refractivity (Wildman–Crippen MR) is 95.0 cm³/mol. The third-order valence-corrected chi connectivity index (χ3v) is 5.25. The smallest absolute Gasteiger partial charge is 0.225 e. The molecule has 3 rings (SSSR count).